The zero-order valence-corrected chi connectivity index (χ0v) is 17.3. The van der Waals surface area contributed by atoms with Crippen LogP contribution in [0.2, 0.25) is 0 Å². The van der Waals surface area contributed by atoms with Crippen LogP contribution in [0.5, 0.6) is 5.75 Å². The lowest BCUT2D eigenvalue weighted by Gasteiger charge is -2.22. The van der Waals surface area contributed by atoms with Crippen LogP contribution >= 0.6 is 0 Å². The molecule has 3 rings (SSSR count). The topological polar surface area (TPSA) is 151 Å². The number of hydrogen-bond donors (Lipinski definition) is 4. The highest BCUT2D eigenvalue weighted by atomic mass is 32.2. The van der Waals surface area contributed by atoms with E-state index in [-0.39, 0.29) is 16.3 Å². The number of anilines is 1. The summed E-state index contributed by atoms with van der Waals surface area (Å²) >= 11 is 0. The van der Waals surface area contributed by atoms with E-state index >= 15 is 0 Å². The van der Waals surface area contributed by atoms with Gasteiger partial charge < -0.3 is 15.2 Å². The summed E-state index contributed by atoms with van der Waals surface area (Å²) in [5.74, 6) is -1.67. The van der Waals surface area contributed by atoms with E-state index in [2.05, 4.69) is 15.4 Å². The molecule has 0 aliphatic carbocycles. The molecule has 2 aromatic carbocycles. The Hall–Kier alpha value is -3.86. The number of carbonyl (C=O) groups is 3. The summed E-state index contributed by atoms with van der Waals surface area (Å²) in [6, 6.07) is 9.60. The molecule has 0 bridgehead atoms. The van der Waals surface area contributed by atoms with Gasteiger partial charge in [0.05, 0.1) is 7.11 Å². The number of carboxylic acid groups (broad SMARTS) is 1. The van der Waals surface area contributed by atoms with Gasteiger partial charge in [0.2, 0.25) is 0 Å². The number of nitrogens with one attached hydrogen (secondary N) is 3. The predicted molar refractivity (Wildman–Crippen MR) is 111 cm³/mol. The number of methoxy groups -OCH3 is 1. The Morgan fingerprint density at radius 1 is 1.19 bits per heavy atom. The normalized spacial score (nSPS) is 18.5. The van der Waals surface area contributed by atoms with Crippen LogP contribution in [0, 0.1) is 0 Å². The standard InChI is InChI=1S/C20H19N3O7S/c1-20(18(26)21-19(27)22-20)13-4-3-5-14(11-13)23-31(28,29)16-10-12(7-9-17(24)25)6-8-15(16)30-2/h3-11,23H,1-2H3,(H,24,25)(H2,21,22,26,27)/b9-7+. The molecule has 162 valence electrons. The third-order valence-electron chi connectivity index (χ3n) is 4.63. The lowest BCUT2D eigenvalue weighted by Crippen LogP contribution is -2.40. The molecule has 1 aliphatic rings. The quantitative estimate of drug-likeness (QED) is 0.374. The molecule has 1 aliphatic heterocycles. The van der Waals surface area contributed by atoms with Crippen LogP contribution in [0.15, 0.2) is 53.4 Å². The van der Waals surface area contributed by atoms with E-state index in [4.69, 9.17) is 9.84 Å². The minimum atomic E-state index is -4.15. The van der Waals surface area contributed by atoms with Gasteiger partial charge in [0.1, 0.15) is 16.2 Å². The molecule has 31 heavy (non-hydrogen) atoms. The number of amides is 3. The highest BCUT2D eigenvalue weighted by Gasteiger charge is 2.43. The number of rotatable bonds is 7. The van der Waals surface area contributed by atoms with E-state index in [1.54, 1.807) is 12.1 Å². The summed E-state index contributed by atoms with van der Waals surface area (Å²) in [6.07, 6.45) is 2.14. The highest BCUT2D eigenvalue weighted by molar-refractivity contribution is 7.92. The number of carbonyl (C=O) groups excluding carboxylic acids is 2. The van der Waals surface area contributed by atoms with Crippen LogP contribution in [0.1, 0.15) is 18.1 Å². The number of benzene rings is 2. The molecule has 2 aromatic rings. The van der Waals surface area contributed by atoms with Crippen LogP contribution in [0.25, 0.3) is 6.08 Å². The molecule has 0 spiro atoms. The number of sulfonamides is 1. The maximum Gasteiger partial charge on any atom is 0.328 e. The van der Waals surface area contributed by atoms with Crippen LogP contribution in [0.3, 0.4) is 0 Å². The first kappa shape index (κ1) is 21.8. The molecular weight excluding hydrogens is 426 g/mol. The Bertz CT molecular complexity index is 1210. The Morgan fingerprint density at radius 3 is 2.55 bits per heavy atom. The summed E-state index contributed by atoms with van der Waals surface area (Å²) in [7, 11) is -2.84. The summed E-state index contributed by atoms with van der Waals surface area (Å²) < 4.78 is 33.6. The van der Waals surface area contributed by atoms with Gasteiger partial charge >= 0.3 is 12.0 Å². The number of ether oxygens (including phenoxy) is 1. The Morgan fingerprint density at radius 2 is 1.94 bits per heavy atom. The van der Waals surface area contributed by atoms with Gasteiger partial charge in [-0.15, -0.1) is 0 Å². The van der Waals surface area contributed by atoms with Crippen molar-refractivity contribution in [3.05, 3.63) is 59.7 Å². The molecule has 1 heterocycles. The Kier molecular flexibility index (Phi) is 5.71. The van der Waals surface area contributed by atoms with E-state index in [0.29, 0.717) is 11.1 Å². The monoisotopic (exact) mass is 445 g/mol. The molecule has 1 fully saturated rings. The minimum Gasteiger partial charge on any atom is -0.495 e. The van der Waals surface area contributed by atoms with Crippen molar-refractivity contribution < 1.29 is 32.6 Å². The van der Waals surface area contributed by atoms with Gasteiger partial charge in [-0.25, -0.2) is 18.0 Å². The maximum atomic E-state index is 13.0. The second-order valence-corrected chi connectivity index (χ2v) is 8.45. The minimum absolute atomic E-state index is 0.0607. The SMILES string of the molecule is COc1ccc(/C=C/C(=O)O)cc1S(=O)(=O)Nc1cccc(C2(C)NC(=O)NC2=O)c1. The van der Waals surface area contributed by atoms with Crippen LogP contribution in [0.4, 0.5) is 10.5 Å². The first-order chi connectivity index (χ1) is 14.5. The van der Waals surface area contributed by atoms with Crippen molar-refractivity contribution in [3.63, 3.8) is 0 Å². The lowest BCUT2D eigenvalue weighted by atomic mass is 9.92. The Labute approximate surface area is 178 Å². The van der Waals surface area contributed by atoms with Gasteiger partial charge in [-0.2, -0.15) is 0 Å². The van der Waals surface area contributed by atoms with Crippen LogP contribution < -0.4 is 20.1 Å². The second kappa shape index (κ2) is 8.11. The van der Waals surface area contributed by atoms with Crippen molar-refractivity contribution in [1.82, 2.24) is 10.6 Å². The fourth-order valence-electron chi connectivity index (χ4n) is 3.02. The molecule has 0 aromatic heterocycles. The molecule has 1 saturated heterocycles. The van der Waals surface area contributed by atoms with Crippen molar-refractivity contribution in [2.24, 2.45) is 0 Å². The fourth-order valence-corrected chi connectivity index (χ4v) is 4.28. The number of urea groups is 1. The third-order valence-corrected chi connectivity index (χ3v) is 6.03. The van der Waals surface area contributed by atoms with E-state index in [1.165, 1.54) is 50.4 Å². The van der Waals surface area contributed by atoms with Gasteiger partial charge in [0, 0.05) is 11.8 Å². The smallest absolute Gasteiger partial charge is 0.328 e. The molecular formula is C20H19N3O7S. The first-order valence-electron chi connectivity index (χ1n) is 8.91. The van der Waals surface area contributed by atoms with E-state index < -0.39 is 33.5 Å². The first-order valence-corrected chi connectivity index (χ1v) is 10.4. The molecule has 10 nitrogen and oxygen atoms in total. The van der Waals surface area contributed by atoms with Gasteiger partial charge in [-0.05, 0) is 48.4 Å². The largest absolute Gasteiger partial charge is 0.495 e. The number of aliphatic carboxylic acids is 1. The van der Waals surface area contributed by atoms with Crippen molar-refractivity contribution in [3.8, 4) is 5.75 Å². The van der Waals surface area contributed by atoms with Crippen LogP contribution in [-0.4, -0.2) is 38.5 Å². The molecule has 1 atom stereocenters. The van der Waals surface area contributed by atoms with Crippen molar-refractivity contribution in [2.45, 2.75) is 17.4 Å². The van der Waals surface area contributed by atoms with Gasteiger partial charge in [0.15, 0.2) is 0 Å². The van der Waals surface area contributed by atoms with Crippen molar-refractivity contribution in [2.75, 3.05) is 11.8 Å². The average Bonchev–Trinajstić information content (AvgIpc) is 2.98. The lowest BCUT2D eigenvalue weighted by molar-refractivity contribution is -0.131. The molecule has 11 heteroatoms. The van der Waals surface area contributed by atoms with Crippen molar-refractivity contribution in [1.29, 1.82) is 0 Å². The molecule has 0 radical (unpaired) electrons. The molecule has 4 N–H and O–H groups in total. The third kappa shape index (κ3) is 4.51. The average molecular weight is 445 g/mol. The highest BCUT2D eigenvalue weighted by Crippen LogP contribution is 2.30. The zero-order chi connectivity index (χ0) is 22.8. The summed E-state index contributed by atoms with van der Waals surface area (Å²) in [4.78, 5) is 34.2. The van der Waals surface area contributed by atoms with E-state index in [0.717, 1.165) is 6.08 Å². The summed E-state index contributed by atoms with van der Waals surface area (Å²) in [6.45, 7) is 1.50. The van der Waals surface area contributed by atoms with Crippen molar-refractivity contribution >= 4 is 39.7 Å². The number of carboxylic acids is 1. The number of hydrogen-bond acceptors (Lipinski definition) is 6. The molecule has 0 saturated carbocycles. The second-order valence-electron chi connectivity index (χ2n) is 6.80. The number of imide groups is 1. The summed E-state index contributed by atoms with van der Waals surface area (Å²) in [5, 5.41) is 13.4. The molecule has 1 unspecified atom stereocenters. The maximum absolute atomic E-state index is 13.0. The van der Waals surface area contributed by atoms with Gasteiger partial charge in [-0.1, -0.05) is 18.2 Å². The molecule has 3 amide bonds. The van der Waals surface area contributed by atoms with Gasteiger partial charge in [0.25, 0.3) is 15.9 Å². The predicted octanol–water partition coefficient (Wildman–Crippen LogP) is 1.65. The zero-order valence-electron chi connectivity index (χ0n) is 16.5. The fraction of sp³-hybridized carbons (Fsp3) is 0.150. The van der Waals surface area contributed by atoms with E-state index in [9.17, 15) is 22.8 Å². The Balaban J connectivity index is 1.96. The van der Waals surface area contributed by atoms with Crippen LogP contribution in [-0.2, 0) is 25.2 Å². The van der Waals surface area contributed by atoms with E-state index in [1.807, 2.05) is 0 Å². The summed E-state index contributed by atoms with van der Waals surface area (Å²) in [5.41, 5.74) is -0.477. The van der Waals surface area contributed by atoms with Gasteiger partial charge in [-0.3, -0.25) is 14.8 Å².